The molecule has 0 rings (SSSR count). The lowest BCUT2D eigenvalue weighted by molar-refractivity contribution is -0.355. The van der Waals surface area contributed by atoms with Crippen LogP contribution >= 0.6 is 22.6 Å². The quantitative estimate of drug-likeness (QED) is 0.372. The minimum absolute atomic E-state index is 0.171. The van der Waals surface area contributed by atoms with E-state index in [1.807, 2.05) is 0 Å². The molecule has 0 heterocycles. The fourth-order valence-corrected chi connectivity index (χ4v) is 2.20. The highest BCUT2D eigenvalue weighted by molar-refractivity contribution is 14.1. The van der Waals surface area contributed by atoms with Crippen molar-refractivity contribution in [2.75, 3.05) is 0 Å². The zero-order valence-corrected chi connectivity index (χ0v) is 10.4. The van der Waals surface area contributed by atoms with Crippen LogP contribution in [0.4, 0.5) is 30.7 Å². The van der Waals surface area contributed by atoms with Crippen molar-refractivity contribution in [2.45, 2.75) is 48.1 Å². The van der Waals surface area contributed by atoms with Crippen LogP contribution in [0.1, 0.15) is 26.2 Å². The van der Waals surface area contributed by atoms with Gasteiger partial charge in [-0.15, -0.1) is 0 Å². The first kappa shape index (κ1) is 16.2. The Hall–Kier alpha value is 0.240. The van der Waals surface area contributed by atoms with E-state index in [-0.39, 0.29) is 6.42 Å². The van der Waals surface area contributed by atoms with Crippen LogP contribution in [0.3, 0.4) is 0 Å². The molecular weight excluding hydrogens is 356 g/mol. The Morgan fingerprint density at radius 2 is 1.44 bits per heavy atom. The fourth-order valence-electron chi connectivity index (χ4n) is 1.03. The van der Waals surface area contributed by atoms with Crippen molar-refractivity contribution in [3.05, 3.63) is 0 Å². The van der Waals surface area contributed by atoms with E-state index in [1.165, 1.54) is 22.6 Å². The van der Waals surface area contributed by atoms with Crippen molar-refractivity contribution >= 4 is 22.6 Å². The summed E-state index contributed by atoms with van der Waals surface area (Å²) in [4.78, 5) is 0. The van der Waals surface area contributed by atoms with Gasteiger partial charge in [0.05, 0.1) is 0 Å². The van der Waals surface area contributed by atoms with E-state index in [1.54, 1.807) is 6.92 Å². The molecule has 0 bridgehead atoms. The first-order valence-electron chi connectivity index (χ1n) is 4.42. The van der Waals surface area contributed by atoms with Gasteiger partial charge in [-0.1, -0.05) is 35.9 Å². The molecule has 0 aliphatic heterocycles. The van der Waals surface area contributed by atoms with Gasteiger partial charge in [-0.25, -0.2) is 0 Å². The average Bonchev–Trinajstić information content (AvgIpc) is 2.00. The van der Waals surface area contributed by atoms with Crippen molar-refractivity contribution in [3.63, 3.8) is 0 Å². The lowest BCUT2D eigenvalue weighted by atomic mass is 10.0. The summed E-state index contributed by atoms with van der Waals surface area (Å²) >= 11 is 1.45. The molecule has 0 aliphatic rings. The molecular formula is C8H10F7I. The molecule has 0 spiro atoms. The van der Waals surface area contributed by atoms with Gasteiger partial charge in [0.25, 0.3) is 0 Å². The van der Waals surface area contributed by atoms with E-state index in [4.69, 9.17) is 0 Å². The third kappa shape index (κ3) is 3.63. The third-order valence-electron chi connectivity index (χ3n) is 1.90. The van der Waals surface area contributed by atoms with Crippen LogP contribution < -0.4 is 0 Å². The third-order valence-corrected chi connectivity index (χ3v) is 2.96. The Morgan fingerprint density at radius 1 is 1.00 bits per heavy atom. The van der Waals surface area contributed by atoms with E-state index < -0.39 is 28.4 Å². The van der Waals surface area contributed by atoms with Gasteiger partial charge >= 0.3 is 18.0 Å². The van der Waals surface area contributed by atoms with E-state index in [9.17, 15) is 30.7 Å². The van der Waals surface area contributed by atoms with Gasteiger partial charge in [0, 0.05) is 10.3 Å². The fraction of sp³-hybridized carbons (Fsp3) is 1.00. The topological polar surface area (TPSA) is 0 Å². The van der Waals surface area contributed by atoms with Gasteiger partial charge in [0.15, 0.2) is 0 Å². The van der Waals surface area contributed by atoms with Gasteiger partial charge in [-0.3, -0.25) is 0 Å². The van der Waals surface area contributed by atoms with Gasteiger partial charge in [-0.05, 0) is 6.42 Å². The predicted molar refractivity (Wildman–Crippen MR) is 53.3 cm³/mol. The summed E-state index contributed by atoms with van der Waals surface area (Å²) in [7, 11) is 0. The highest BCUT2D eigenvalue weighted by Crippen LogP contribution is 2.49. The highest BCUT2D eigenvalue weighted by atomic mass is 127. The number of alkyl halides is 8. The average molecular weight is 366 g/mol. The molecule has 16 heavy (non-hydrogen) atoms. The standard InChI is InChI=1S/C8H10F7I/c1-2-3-5(16)4-6(9,10)7(11,12)8(13,14)15/h5H,2-4H2,1H3. The number of hydrogen-bond acceptors (Lipinski definition) is 0. The second kappa shape index (κ2) is 5.26. The van der Waals surface area contributed by atoms with Gasteiger partial charge in [0.1, 0.15) is 0 Å². The van der Waals surface area contributed by atoms with E-state index in [0.717, 1.165) is 0 Å². The minimum Gasteiger partial charge on any atom is -0.199 e. The Kier molecular flexibility index (Phi) is 5.34. The Labute approximate surface area is 102 Å². The van der Waals surface area contributed by atoms with Gasteiger partial charge < -0.3 is 0 Å². The van der Waals surface area contributed by atoms with Crippen molar-refractivity contribution < 1.29 is 30.7 Å². The van der Waals surface area contributed by atoms with Crippen LogP contribution in [0.15, 0.2) is 0 Å². The summed E-state index contributed by atoms with van der Waals surface area (Å²) < 4.78 is 84.7. The molecule has 1 atom stereocenters. The van der Waals surface area contributed by atoms with E-state index in [0.29, 0.717) is 6.42 Å². The molecule has 8 heteroatoms. The van der Waals surface area contributed by atoms with Crippen molar-refractivity contribution in [2.24, 2.45) is 0 Å². The maximum Gasteiger partial charge on any atom is 0.459 e. The molecule has 98 valence electrons. The number of hydrogen-bond donors (Lipinski definition) is 0. The number of halogens is 8. The normalized spacial score (nSPS) is 16.3. The van der Waals surface area contributed by atoms with Gasteiger partial charge in [0.2, 0.25) is 0 Å². The Bertz CT molecular complexity index is 223. The molecule has 0 aliphatic carbocycles. The SMILES string of the molecule is CCCC(I)CC(F)(F)C(F)(F)C(F)(F)F. The van der Waals surface area contributed by atoms with E-state index in [2.05, 4.69) is 0 Å². The second-order valence-corrected chi connectivity index (χ2v) is 5.13. The summed E-state index contributed by atoms with van der Waals surface area (Å²) in [6.45, 7) is 1.63. The first-order valence-corrected chi connectivity index (χ1v) is 5.66. The van der Waals surface area contributed by atoms with Crippen LogP contribution in [0, 0.1) is 0 Å². The molecule has 0 saturated heterocycles. The molecule has 0 radical (unpaired) electrons. The van der Waals surface area contributed by atoms with Crippen molar-refractivity contribution in [1.29, 1.82) is 0 Å². The van der Waals surface area contributed by atoms with Gasteiger partial charge in [-0.2, -0.15) is 30.7 Å². The second-order valence-electron chi connectivity index (χ2n) is 3.37. The summed E-state index contributed by atoms with van der Waals surface area (Å²) in [6.07, 6.45) is -7.08. The molecule has 0 nitrogen and oxygen atoms in total. The highest BCUT2D eigenvalue weighted by Gasteiger charge is 2.72. The van der Waals surface area contributed by atoms with Crippen LogP contribution in [-0.2, 0) is 0 Å². The van der Waals surface area contributed by atoms with E-state index >= 15 is 0 Å². The largest absolute Gasteiger partial charge is 0.459 e. The minimum atomic E-state index is -6.22. The zero-order valence-electron chi connectivity index (χ0n) is 8.22. The first-order chi connectivity index (χ1) is 6.95. The molecule has 0 aromatic rings. The van der Waals surface area contributed by atoms with Crippen LogP contribution in [0.5, 0.6) is 0 Å². The molecule has 0 saturated carbocycles. The maximum atomic E-state index is 12.8. The van der Waals surface area contributed by atoms with Crippen LogP contribution in [-0.4, -0.2) is 21.9 Å². The maximum absolute atomic E-state index is 12.8. The lowest BCUT2D eigenvalue weighted by Gasteiger charge is -2.29. The smallest absolute Gasteiger partial charge is 0.199 e. The lowest BCUT2D eigenvalue weighted by Crippen LogP contribution is -2.52. The Morgan fingerprint density at radius 3 is 1.75 bits per heavy atom. The van der Waals surface area contributed by atoms with Crippen LogP contribution in [0.2, 0.25) is 0 Å². The molecule has 1 unspecified atom stereocenters. The summed E-state index contributed by atoms with van der Waals surface area (Å²) in [6, 6.07) is 0. The van der Waals surface area contributed by atoms with Crippen molar-refractivity contribution in [1.82, 2.24) is 0 Å². The summed E-state index contributed by atoms with van der Waals surface area (Å²) in [5.41, 5.74) is 0. The molecule has 0 aromatic carbocycles. The summed E-state index contributed by atoms with van der Waals surface area (Å²) in [5, 5.41) is 0. The molecule has 0 amide bonds. The monoisotopic (exact) mass is 366 g/mol. The molecule has 0 fully saturated rings. The number of rotatable bonds is 5. The van der Waals surface area contributed by atoms with Crippen LogP contribution in [0.25, 0.3) is 0 Å². The summed E-state index contributed by atoms with van der Waals surface area (Å²) in [5.74, 6) is -11.0. The zero-order chi connectivity index (χ0) is 13.2. The predicted octanol–water partition coefficient (Wildman–Crippen LogP) is 4.81. The molecule has 0 N–H and O–H groups in total. The Balaban J connectivity index is 4.77. The molecule has 0 aromatic heterocycles. The van der Waals surface area contributed by atoms with Crippen molar-refractivity contribution in [3.8, 4) is 0 Å².